The first kappa shape index (κ1) is 17.3. The van der Waals surface area contributed by atoms with E-state index in [0.717, 1.165) is 12.8 Å². The van der Waals surface area contributed by atoms with Gasteiger partial charge in [0.1, 0.15) is 11.5 Å². The van der Waals surface area contributed by atoms with Crippen LogP contribution in [-0.4, -0.2) is 30.3 Å². The Morgan fingerprint density at radius 1 is 1.38 bits per heavy atom. The second-order valence-electron chi connectivity index (χ2n) is 5.09. The maximum atomic E-state index is 12.0. The zero-order valence-corrected chi connectivity index (χ0v) is 13.2. The number of hydrogen-bond acceptors (Lipinski definition) is 4. The van der Waals surface area contributed by atoms with E-state index in [-0.39, 0.29) is 18.6 Å². The van der Waals surface area contributed by atoms with Gasteiger partial charge in [0.25, 0.3) is 5.91 Å². The SMILES string of the molecule is CCCC(C)NC(=O)C(C)Oc1ccc(OC)cc1CO. The van der Waals surface area contributed by atoms with Crippen LogP contribution in [0.25, 0.3) is 0 Å². The molecule has 1 aromatic carbocycles. The van der Waals surface area contributed by atoms with Gasteiger partial charge in [-0.05, 0) is 38.5 Å². The van der Waals surface area contributed by atoms with Gasteiger partial charge in [-0.15, -0.1) is 0 Å². The molecule has 0 saturated carbocycles. The number of rotatable bonds is 8. The second-order valence-corrected chi connectivity index (χ2v) is 5.09. The number of nitrogens with one attached hydrogen (secondary N) is 1. The molecule has 0 spiro atoms. The molecule has 0 bridgehead atoms. The van der Waals surface area contributed by atoms with E-state index >= 15 is 0 Å². The van der Waals surface area contributed by atoms with Gasteiger partial charge < -0.3 is 19.9 Å². The highest BCUT2D eigenvalue weighted by molar-refractivity contribution is 5.81. The van der Waals surface area contributed by atoms with Crippen LogP contribution in [0.4, 0.5) is 0 Å². The lowest BCUT2D eigenvalue weighted by Gasteiger charge is -2.19. The van der Waals surface area contributed by atoms with Crippen molar-refractivity contribution in [2.45, 2.75) is 52.4 Å². The molecule has 118 valence electrons. The number of ether oxygens (including phenoxy) is 2. The number of aliphatic hydroxyl groups is 1. The minimum absolute atomic E-state index is 0.127. The van der Waals surface area contributed by atoms with Gasteiger partial charge >= 0.3 is 0 Å². The van der Waals surface area contributed by atoms with E-state index < -0.39 is 6.10 Å². The quantitative estimate of drug-likeness (QED) is 0.772. The predicted octanol–water partition coefficient (Wildman–Crippen LogP) is 2.26. The summed E-state index contributed by atoms with van der Waals surface area (Å²) < 4.78 is 10.7. The summed E-state index contributed by atoms with van der Waals surface area (Å²) in [5.74, 6) is 0.972. The molecule has 0 heterocycles. The Morgan fingerprint density at radius 3 is 2.67 bits per heavy atom. The molecule has 0 aliphatic rings. The van der Waals surface area contributed by atoms with Crippen molar-refractivity contribution < 1.29 is 19.4 Å². The lowest BCUT2D eigenvalue weighted by molar-refractivity contribution is -0.127. The van der Waals surface area contributed by atoms with Crippen molar-refractivity contribution in [3.8, 4) is 11.5 Å². The number of carbonyl (C=O) groups is 1. The third-order valence-corrected chi connectivity index (χ3v) is 3.22. The van der Waals surface area contributed by atoms with Crippen molar-refractivity contribution in [3.05, 3.63) is 23.8 Å². The first-order chi connectivity index (χ1) is 10.0. The molecule has 1 amide bonds. The molecule has 2 atom stereocenters. The van der Waals surface area contributed by atoms with Gasteiger partial charge in [0.2, 0.25) is 0 Å². The molecule has 2 N–H and O–H groups in total. The number of carbonyl (C=O) groups excluding carboxylic acids is 1. The summed E-state index contributed by atoms with van der Waals surface area (Å²) in [7, 11) is 1.56. The van der Waals surface area contributed by atoms with Gasteiger partial charge in [0.15, 0.2) is 6.10 Å². The third kappa shape index (κ3) is 5.27. The predicted molar refractivity (Wildman–Crippen MR) is 81.5 cm³/mol. The summed E-state index contributed by atoms with van der Waals surface area (Å²) in [4.78, 5) is 12.0. The Balaban J connectivity index is 2.69. The van der Waals surface area contributed by atoms with Crippen molar-refractivity contribution in [2.75, 3.05) is 7.11 Å². The number of amides is 1. The van der Waals surface area contributed by atoms with Gasteiger partial charge in [-0.2, -0.15) is 0 Å². The highest BCUT2D eigenvalue weighted by atomic mass is 16.5. The third-order valence-electron chi connectivity index (χ3n) is 3.22. The van der Waals surface area contributed by atoms with Crippen molar-refractivity contribution in [1.82, 2.24) is 5.32 Å². The molecule has 0 aliphatic heterocycles. The summed E-state index contributed by atoms with van der Waals surface area (Å²) >= 11 is 0. The minimum atomic E-state index is -0.622. The molecule has 0 aliphatic carbocycles. The maximum absolute atomic E-state index is 12.0. The van der Waals surface area contributed by atoms with Gasteiger partial charge in [-0.1, -0.05) is 13.3 Å². The Labute approximate surface area is 126 Å². The van der Waals surface area contributed by atoms with Gasteiger partial charge in [0.05, 0.1) is 13.7 Å². The first-order valence-electron chi connectivity index (χ1n) is 7.26. The minimum Gasteiger partial charge on any atom is -0.497 e. The summed E-state index contributed by atoms with van der Waals surface area (Å²) in [5, 5.41) is 12.3. The number of hydrogen-bond donors (Lipinski definition) is 2. The molecule has 5 heteroatoms. The molecular weight excluding hydrogens is 270 g/mol. The fourth-order valence-corrected chi connectivity index (χ4v) is 2.03. The fourth-order valence-electron chi connectivity index (χ4n) is 2.03. The van der Waals surface area contributed by atoms with E-state index in [1.165, 1.54) is 0 Å². The molecule has 0 aromatic heterocycles. The van der Waals surface area contributed by atoms with Crippen LogP contribution in [0.5, 0.6) is 11.5 Å². The summed E-state index contributed by atoms with van der Waals surface area (Å²) in [6.07, 6.45) is 1.33. The number of benzene rings is 1. The molecule has 2 unspecified atom stereocenters. The topological polar surface area (TPSA) is 67.8 Å². The average Bonchev–Trinajstić information content (AvgIpc) is 2.47. The maximum Gasteiger partial charge on any atom is 0.260 e. The van der Waals surface area contributed by atoms with E-state index in [0.29, 0.717) is 17.1 Å². The first-order valence-corrected chi connectivity index (χ1v) is 7.26. The molecule has 1 aromatic rings. The zero-order chi connectivity index (χ0) is 15.8. The Kier molecular flexibility index (Phi) is 7.02. The Morgan fingerprint density at radius 2 is 2.10 bits per heavy atom. The standard InChI is InChI=1S/C16H25NO4/c1-5-6-11(2)17-16(19)12(3)21-15-8-7-14(20-4)9-13(15)10-18/h7-9,11-12,18H,5-6,10H2,1-4H3,(H,17,19). The van der Waals surface area contributed by atoms with Crippen LogP contribution in [-0.2, 0) is 11.4 Å². The highest BCUT2D eigenvalue weighted by Crippen LogP contribution is 2.25. The smallest absolute Gasteiger partial charge is 0.260 e. The van der Waals surface area contributed by atoms with E-state index in [2.05, 4.69) is 12.2 Å². The average molecular weight is 295 g/mol. The number of aliphatic hydroxyl groups excluding tert-OH is 1. The van der Waals surface area contributed by atoms with Crippen molar-refractivity contribution in [2.24, 2.45) is 0 Å². The van der Waals surface area contributed by atoms with Crippen molar-refractivity contribution in [1.29, 1.82) is 0 Å². The molecule has 21 heavy (non-hydrogen) atoms. The fraction of sp³-hybridized carbons (Fsp3) is 0.562. The second kappa shape index (κ2) is 8.52. The van der Waals surface area contributed by atoms with Crippen LogP contribution < -0.4 is 14.8 Å². The molecule has 5 nitrogen and oxygen atoms in total. The zero-order valence-electron chi connectivity index (χ0n) is 13.2. The van der Waals surface area contributed by atoms with Crippen LogP contribution in [0.1, 0.15) is 39.2 Å². The molecule has 1 rings (SSSR count). The van der Waals surface area contributed by atoms with Gasteiger partial charge in [-0.3, -0.25) is 4.79 Å². The van der Waals surface area contributed by atoms with Crippen LogP contribution in [0, 0.1) is 0 Å². The van der Waals surface area contributed by atoms with Gasteiger partial charge in [-0.25, -0.2) is 0 Å². The van der Waals surface area contributed by atoms with Crippen molar-refractivity contribution in [3.63, 3.8) is 0 Å². The summed E-state index contributed by atoms with van der Waals surface area (Å²) in [5.41, 5.74) is 0.593. The molecule has 0 radical (unpaired) electrons. The van der Waals surface area contributed by atoms with E-state index in [4.69, 9.17) is 9.47 Å². The van der Waals surface area contributed by atoms with Crippen LogP contribution >= 0.6 is 0 Å². The monoisotopic (exact) mass is 295 g/mol. The Hall–Kier alpha value is -1.75. The van der Waals surface area contributed by atoms with Crippen LogP contribution in [0.15, 0.2) is 18.2 Å². The van der Waals surface area contributed by atoms with Crippen LogP contribution in [0.3, 0.4) is 0 Å². The summed E-state index contributed by atoms with van der Waals surface area (Å²) in [6, 6.07) is 5.25. The highest BCUT2D eigenvalue weighted by Gasteiger charge is 2.18. The largest absolute Gasteiger partial charge is 0.497 e. The lowest BCUT2D eigenvalue weighted by Crippen LogP contribution is -2.41. The van der Waals surface area contributed by atoms with E-state index in [1.54, 1.807) is 32.2 Å². The normalized spacial score (nSPS) is 13.4. The van der Waals surface area contributed by atoms with Crippen LogP contribution in [0.2, 0.25) is 0 Å². The lowest BCUT2D eigenvalue weighted by atomic mass is 10.2. The number of methoxy groups -OCH3 is 1. The van der Waals surface area contributed by atoms with E-state index in [9.17, 15) is 9.90 Å². The Bertz CT molecular complexity index is 462. The van der Waals surface area contributed by atoms with Crippen molar-refractivity contribution >= 4 is 5.91 Å². The van der Waals surface area contributed by atoms with Gasteiger partial charge in [0, 0.05) is 11.6 Å². The van der Waals surface area contributed by atoms with E-state index in [1.807, 2.05) is 6.92 Å². The molecular formula is C16H25NO4. The molecule has 0 fully saturated rings. The molecule has 0 saturated heterocycles. The summed E-state index contributed by atoms with van der Waals surface area (Å²) in [6.45, 7) is 5.57.